The number of nitrogens with two attached hydrogens (primary N) is 1. The van der Waals surface area contributed by atoms with E-state index in [4.69, 9.17) is 27.5 Å². The summed E-state index contributed by atoms with van der Waals surface area (Å²) in [6.07, 6.45) is 1.23. The smallest absolute Gasteiger partial charge is 0.124 e. The highest BCUT2D eigenvalue weighted by molar-refractivity contribution is 6.31. The molecule has 3 N–H and O–H groups in total. The van der Waals surface area contributed by atoms with Crippen molar-refractivity contribution in [3.8, 4) is 0 Å². The molecule has 0 aliphatic carbocycles. The molecule has 1 saturated heterocycles. The third kappa shape index (κ3) is 2.76. The van der Waals surface area contributed by atoms with Gasteiger partial charge in [0.1, 0.15) is 5.84 Å². The molecule has 4 nitrogen and oxygen atoms in total. The Morgan fingerprint density at radius 2 is 2.39 bits per heavy atom. The van der Waals surface area contributed by atoms with Gasteiger partial charge in [0.15, 0.2) is 0 Å². The van der Waals surface area contributed by atoms with Crippen LogP contribution in [0.25, 0.3) is 0 Å². The lowest BCUT2D eigenvalue weighted by atomic mass is 10.1. The number of hydrogen-bond acceptors (Lipinski definition) is 3. The van der Waals surface area contributed by atoms with Crippen molar-refractivity contribution in [1.82, 2.24) is 0 Å². The minimum atomic E-state index is 0.0482. The average Bonchev–Trinajstić information content (AvgIpc) is 2.38. The monoisotopic (exact) mass is 267 g/mol. The van der Waals surface area contributed by atoms with Gasteiger partial charge in [-0.2, -0.15) is 0 Å². The summed E-state index contributed by atoms with van der Waals surface area (Å²) in [5, 5.41) is 8.25. The number of nitrogens with zero attached hydrogens (tertiary/aromatic N) is 1. The molecule has 1 aromatic rings. The Bertz CT molecular complexity index is 450. The topological polar surface area (TPSA) is 62.3 Å². The fourth-order valence-electron chi connectivity index (χ4n) is 2.18. The fraction of sp³-hybridized carbons (Fsp3) is 0.462. The van der Waals surface area contributed by atoms with Gasteiger partial charge in [-0.15, -0.1) is 0 Å². The van der Waals surface area contributed by atoms with E-state index in [1.807, 2.05) is 12.1 Å². The van der Waals surface area contributed by atoms with E-state index in [0.29, 0.717) is 17.2 Å². The Morgan fingerprint density at radius 3 is 3.06 bits per heavy atom. The van der Waals surface area contributed by atoms with Gasteiger partial charge in [-0.3, -0.25) is 5.41 Å². The zero-order chi connectivity index (χ0) is 13.1. The molecule has 98 valence electrons. The molecule has 1 fully saturated rings. The number of halogens is 1. The molecule has 1 aliphatic rings. The number of nitrogen functional groups attached to an aromatic ring is 1. The maximum absolute atomic E-state index is 7.65. The number of benzene rings is 1. The number of rotatable bonds is 3. The van der Waals surface area contributed by atoms with E-state index in [2.05, 4.69) is 11.8 Å². The molecule has 0 bridgehead atoms. The van der Waals surface area contributed by atoms with Gasteiger partial charge in [0, 0.05) is 29.4 Å². The van der Waals surface area contributed by atoms with Gasteiger partial charge in [0.05, 0.1) is 12.7 Å². The van der Waals surface area contributed by atoms with Crippen LogP contribution in [0.15, 0.2) is 18.2 Å². The molecular weight excluding hydrogens is 250 g/mol. The summed E-state index contributed by atoms with van der Waals surface area (Å²) in [5.41, 5.74) is 7.28. The first-order valence-electron chi connectivity index (χ1n) is 6.12. The molecule has 0 amide bonds. The zero-order valence-electron chi connectivity index (χ0n) is 10.4. The van der Waals surface area contributed by atoms with Crippen molar-refractivity contribution in [2.45, 2.75) is 19.4 Å². The Balaban J connectivity index is 2.29. The Labute approximate surface area is 112 Å². The minimum absolute atomic E-state index is 0.0482. The Morgan fingerprint density at radius 1 is 1.61 bits per heavy atom. The van der Waals surface area contributed by atoms with Gasteiger partial charge in [-0.1, -0.05) is 18.5 Å². The number of anilines is 1. The molecule has 0 radical (unpaired) electrons. The molecule has 1 heterocycles. The van der Waals surface area contributed by atoms with E-state index in [-0.39, 0.29) is 11.9 Å². The highest BCUT2D eigenvalue weighted by Gasteiger charge is 2.21. The van der Waals surface area contributed by atoms with Crippen LogP contribution in [-0.2, 0) is 4.74 Å². The van der Waals surface area contributed by atoms with Crippen molar-refractivity contribution in [2.75, 3.05) is 24.6 Å². The summed E-state index contributed by atoms with van der Waals surface area (Å²) >= 11 is 5.96. The first-order valence-corrected chi connectivity index (χ1v) is 6.50. The van der Waals surface area contributed by atoms with Gasteiger partial charge in [-0.05, 0) is 24.6 Å². The summed E-state index contributed by atoms with van der Waals surface area (Å²) in [6.45, 7) is 4.47. The number of ether oxygens (including phenoxy) is 1. The number of amidine groups is 1. The van der Waals surface area contributed by atoms with Crippen molar-refractivity contribution < 1.29 is 4.74 Å². The maximum atomic E-state index is 7.65. The predicted molar refractivity (Wildman–Crippen MR) is 74.7 cm³/mol. The molecule has 1 atom stereocenters. The second-order valence-corrected chi connectivity index (χ2v) is 4.86. The maximum Gasteiger partial charge on any atom is 0.124 e. The molecule has 2 rings (SSSR count). The van der Waals surface area contributed by atoms with Gasteiger partial charge in [0.2, 0.25) is 0 Å². The molecule has 1 aliphatic heterocycles. The van der Waals surface area contributed by atoms with Crippen molar-refractivity contribution in [3.05, 3.63) is 28.8 Å². The van der Waals surface area contributed by atoms with Gasteiger partial charge in [0.25, 0.3) is 0 Å². The van der Waals surface area contributed by atoms with Crippen LogP contribution in [0.2, 0.25) is 5.02 Å². The second kappa shape index (κ2) is 5.59. The van der Waals surface area contributed by atoms with Gasteiger partial charge in [-0.25, -0.2) is 0 Å². The third-order valence-electron chi connectivity index (χ3n) is 3.18. The number of nitrogens with one attached hydrogen (secondary N) is 1. The molecule has 1 aromatic carbocycles. The van der Waals surface area contributed by atoms with E-state index < -0.39 is 0 Å². The van der Waals surface area contributed by atoms with Crippen LogP contribution in [0.5, 0.6) is 0 Å². The summed E-state index contributed by atoms with van der Waals surface area (Å²) < 4.78 is 5.65. The largest absolute Gasteiger partial charge is 0.384 e. The second-order valence-electron chi connectivity index (χ2n) is 4.42. The summed E-state index contributed by atoms with van der Waals surface area (Å²) in [6, 6.07) is 5.51. The van der Waals surface area contributed by atoms with E-state index in [9.17, 15) is 0 Å². The van der Waals surface area contributed by atoms with Crippen LogP contribution < -0.4 is 10.6 Å². The summed E-state index contributed by atoms with van der Waals surface area (Å²) in [7, 11) is 0. The molecule has 0 aromatic heterocycles. The summed E-state index contributed by atoms with van der Waals surface area (Å²) in [5.74, 6) is 0.0482. The lowest BCUT2D eigenvalue weighted by molar-refractivity contribution is 0.0384. The van der Waals surface area contributed by atoms with Crippen molar-refractivity contribution >= 4 is 23.1 Å². The first kappa shape index (κ1) is 13.2. The fourth-order valence-corrected chi connectivity index (χ4v) is 2.36. The Kier molecular flexibility index (Phi) is 4.09. The minimum Gasteiger partial charge on any atom is -0.384 e. The van der Waals surface area contributed by atoms with Gasteiger partial charge >= 0.3 is 0 Å². The first-order chi connectivity index (χ1) is 8.61. The molecule has 18 heavy (non-hydrogen) atoms. The average molecular weight is 268 g/mol. The quantitative estimate of drug-likeness (QED) is 0.652. The zero-order valence-corrected chi connectivity index (χ0v) is 11.2. The normalized spacial score (nSPS) is 19.9. The van der Waals surface area contributed by atoms with Gasteiger partial charge < -0.3 is 15.4 Å². The van der Waals surface area contributed by atoms with E-state index in [1.54, 1.807) is 6.07 Å². The van der Waals surface area contributed by atoms with E-state index in [0.717, 1.165) is 25.2 Å². The number of hydrogen-bond donors (Lipinski definition) is 2. The van der Waals surface area contributed by atoms with E-state index >= 15 is 0 Å². The van der Waals surface area contributed by atoms with Crippen LogP contribution in [0.4, 0.5) is 5.69 Å². The number of morpholine rings is 1. The highest BCUT2D eigenvalue weighted by Crippen LogP contribution is 2.26. The molecular formula is C13H18ClN3O. The highest BCUT2D eigenvalue weighted by atomic mass is 35.5. The van der Waals surface area contributed by atoms with Crippen molar-refractivity contribution in [2.24, 2.45) is 5.73 Å². The third-order valence-corrected chi connectivity index (χ3v) is 3.42. The van der Waals surface area contributed by atoms with Crippen molar-refractivity contribution in [1.29, 1.82) is 5.41 Å². The summed E-state index contributed by atoms with van der Waals surface area (Å²) in [4.78, 5) is 2.21. The van der Waals surface area contributed by atoms with Crippen LogP contribution in [-0.4, -0.2) is 31.6 Å². The standard InChI is InChI=1S/C13H18ClN3O/c1-2-10-8-17(5-6-18-10)12-4-3-9(14)7-11(12)13(15)16/h3-4,7,10H,2,5-6,8H2,1H3,(H3,15,16). The van der Waals surface area contributed by atoms with Crippen molar-refractivity contribution in [3.63, 3.8) is 0 Å². The van der Waals surface area contributed by atoms with Crippen LogP contribution >= 0.6 is 11.6 Å². The molecule has 1 unspecified atom stereocenters. The van der Waals surface area contributed by atoms with E-state index in [1.165, 1.54) is 0 Å². The molecule has 0 spiro atoms. The predicted octanol–water partition coefficient (Wildman–Crippen LogP) is 2.24. The SMILES string of the molecule is CCC1CN(c2ccc(Cl)cc2C(=N)N)CCO1. The van der Waals surface area contributed by atoms with Crippen LogP contribution in [0.3, 0.4) is 0 Å². The molecule has 0 saturated carbocycles. The van der Waals surface area contributed by atoms with Crippen LogP contribution in [0.1, 0.15) is 18.9 Å². The lowest BCUT2D eigenvalue weighted by Gasteiger charge is -2.35. The molecule has 5 heteroatoms. The lowest BCUT2D eigenvalue weighted by Crippen LogP contribution is -2.43. The Hall–Kier alpha value is -1.26. The van der Waals surface area contributed by atoms with Crippen LogP contribution in [0, 0.1) is 5.41 Å².